The van der Waals surface area contributed by atoms with Crippen LogP contribution in [0, 0.1) is 5.92 Å². The van der Waals surface area contributed by atoms with Gasteiger partial charge in [0.05, 0.1) is 0 Å². The molecule has 2 amide bonds. The molecule has 3 fully saturated rings. The third-order valence-electron chi connectivity index (χ3n) is 5.21. The summed E-state index contributed by atoms with van der Waals surface area (Å²) in [5.41, 5.74) is 0. The van der Waals surface area contributed by atoms with Crippen LogP contribution in [-0.2, 0) is 9.59 Å². The summed E-state index contributed by atoms with van der Waals surface area (Å²) in [5, 5.41) is 9.51. The highest BCUT2D eigenvalue weighted by molar-refractivity contribution is 14.0. The summed E-state index contributed by atoms with van der Waals surface area (Å²) in [6, 6.07) is 0.567. The van der Waals surface area contributed by atoms with Gasteiger partial charge in [-0.2, -0.15) is 0 Å². The average Bonchev–Trinajstić information content (AvgIpc) is 3.07. The SMILES string of the molecule is CCNC(=NCC(=O)NC1CC1)NC1CCN(C(=O)C2CCCC2)C1.I. The molecular formula is C18H32IN5O2. The Morgan fingerprint density at radius 2 is 1.77 bits per heavy atom. The molecule has 3 rings (SSSR count). The first-order valence-electron chi connectivity index (χ1n) is 9.78. The Balaban J connectivity index is 0.00000243. The molecule has 8 heteroatoms. The molecule has 26 heavy (non-hydrogen) atoms. The summed E-state index contributed by atoms with van der Waals surface area (Å²) in [7, 11) is 0. The van der Waals surface area contributed by atoms with E-state index in [0.717, 1.165) is 51.7 Å². The number of aliphatic imine (C=N–C) groups is 1. The van der Waals surface area contributed by atoms with E-state index in [-0.39, 0.29) is 48.4 Å². The van der Waals surface area contributed by atoms with Gasteiger partial charge in [-0.1, -0.05) is 12.8 Å². The highest BCUT2D eigenvalue weighted by Crippen LogP contribution is 2.27. The maximum atomic E-state index is 12.5. The third-order valence-corrected chi connectivity index (χ3v) is 5.21. The Morgan fingerprint density at radius 1 is 1.04 bits per heavy atom. The van der Waals surface area contributed by atoms with Gasteiger partial charge in [0.15, 0.2) is 5.96 Å². The summed E-state index contributed by atoms with van der Waals surface area (Å²) in [5.74, 6) is 1.21. The van der Waals surface area contributed by atoms with Crippen molar-refractivity contribution in [3.8, 4) is 0 Å². The number of nitrogens with one attached hydrogen (secondary N) is 3. The minimum atomic E-state index is -0.0239. The van der Waals surface area contributed by atoms with Crippen LogP contribution in [0.2, 0.25) is 0 Å². The highest BCUT2D eigenvalue weighted by atomic mass is 127. The van der Waals surface area contributed by atoms with Crippen LogP contribution in [0.1, 0.15) is 51.9 Å². The van der Waals surface area contributed by atoms with E-state index < -0.39 is 0 Å². The van der Waals surface area contributed by atoms with E-state index in [0.29, 0.717) is 17.9 Å². The number of carbonyl (C=O) groups is 2. The molecule has 1 saturated heterocycles. The number of rotatable bonds is 6. The summed E-state index contributed by atoms with van der Waals surface area (Å²) in [4.78, 5) is 30.7. The van der Waals surface area contributed by atoms with E-state index >= 15 is 0 Å². The van der Waals surface area contributed by atoms with Crippen LogP contribution in [-0.4, -0.2) is 60.9 Å². The molecule has 0 bridgehead atoms. The molecule has 148 valence electrons. The number of guanidine groups is 1. The van der Waals surface area contributed by atoms with Gasteiger partial charge in [0.25, 0.3) is 0 Å². The normalized spacial score (nSPS) is 23.5. The topological polar surface area (TPSA) is 85.8 Å². The van der Waals surface area contributed by atoms with Gasteiger partial charge in [0.2, 0.25) is 11.8 Å². The zero-order valence-electron chi connectivity index (χ0n) is 15.6. The van der Waals surface area contributed by atoms with Crippen molar-refractivity contribution in [2.75, 3.05) is 26.2 Å². The Morgan fingerprint density at radius 3 is 2.42 bits per heavy atom. The number of halogens is 1. The molecule has 7 nitrogen and oxygen atoms in total. The van der Waals surface area contributed by atoms with Gasteiger partial charge in [0, 0.05) is 37.6 Å². The van der Waals surface area contributed by atoms with Crippen LogP contribution in [0.4, 0.5) is 0 Å². The van der Waals surface area contributed by atoms with Crippen molar-refractivity contribution in [1.29, 1.82) is 0 Å². The van der Waals surface area contributed by atoms with E-state index in [4.69, 9.17) is 0 Å². The van der Waals surface area contributed by atoms with E-state index in [1.807, 2.05) is 11.8 Å². The molecule has 0 spiro atoms. The van der Waals surface area contributed by atoms with Crippen LogP contribution in [0.5, 0.6) is 0 Å². The van der Waals surface area contributed by atoms with Crippen LogP contribution in [0.25, 0.3) is 0 Å². The van der Waals surface area contributed by atoms with Crippen LogP contribution in [0.3, 0.4) is 0 Å². The molecule has 1 unspecified atom stereocenters. The van der Waals surface area contributed by atoms with Crippen molar-refractivity contribution in [1.82, 2.24) is 20.9 Å². The number of nitrogens with zero attached hydrogens (tertiary/aromatic N) is 2. The van der Waals surface area contributed by atoms with Crippen LogP contribution >= 0.6 is 24.0 Å². The number of hydrogen-bond donors (Lipinski definition) is 3. The smallest absolute Gasteiger partial charge is 0.242 e. The van der Waals surface area contributed by atoms with Gasteiger partial charge < -0.3 is 20.9 Å². The van der Waals surface area contributed by atoms with Gasteiger partial charge in [-0.3, -0.25) is 9.59 Å². The predicted octanol–water partition coefficient (Wildman–Crippen LogP) is 1.23. The molecule has 2 saturated carbocycles. The number of likely N-dealkylation sites (tertiary alicyclic amines) is 1. The van der Waals surface area contributed by atoms with Gasteiger partial charge in [-0.25, -0.2) is 4.99 Å². The van der Waals surface area contributed by atoms with Gasteiger partial charge >= 0.3 is 0 Å². The number of carbonyl (C=O) groups excluding carboxylic acids is 2. The molecule has 1 atom stereocenters. The molecule has 1 aliphatic heterocycles. The third kappa shape index (κ3) is 6.28. The first-order valence-corrected chi connectivity index (χ1v) is 9.78. The van der Waals surface area contributed by atoms with E-state index in [2.05, 4.69) is 20.9 Å². The lowest BCUT2D eigenvalue weighted by molar-refractivity contribution is -0.134. The predicted molar refractivity (Wildman–Crippen MR) is 113 cm³/mol. The van der Waals surface area contributed by atoms with Crippen molar-refractivity contribution >= 4 is 41.8 Å². The van der Waals surface area contributed by atoms with Gasteiger partial charge in [0.1, 0.15) is 6.54 Å². The van der Waals surface area contributed by atoms with E-state index in [9.17, 15) is 9.59 Å². The maximum absolute atomic E-state index is 12.5. The molecule has 0 aromatic carbocycles. The molecule has 1 heterocycles. The van der Waals surface area contributed by atoms with E-state index in [1.165, 1.54) is 12.8 Å². The molecular weight excluding hydrogens is 445 g/mol. The van der Waals surface area contributed by atoms with Gasteiger partial charge in [-0.15, -0.1) is 24.0 Å². The Labute approximate surface area is 173 Å². The largest absolute Gasteiger partial charge is 0.357 e. The van der Waals surface area contributed by atoms with Crippen molar-refractivity contribution in [2.24, 2.45) is 10.9 Å². The second-order valence-corrected chi connectivity index (χ2v) is 7.43. The number of hydrogen-bond acceptors (Lipinski definition) is 3. The molecule has 2 aliphatic carbocycles. The number of amides is 2. The molecule has 0 radical (unpaired) electrons. The standard InChI is InChI=1S/C18H31N5O2.HI/c1-2-19-18(20-11-16(24)21-14-7-8-14)22-15-9-10-23(12-15)17(25)13-5-3-4-6-13;/h13-15H,2-12H2,1H3,(H,21,24)(H2,19,20,22);1H. The monoisotopic (exact) mass is 477 g/mol. The summed E-state index contributed by atoms with van der Waals surface area (Å²) < 4.78 is 0. The lowest BCUT2D eigenvalue weighted by Crippen LogP contribution is -2.46. The Hall–Kier alpha value is -1.06. The molecule has 0 aromatic heterocycles. The quantitative estimate of drug-likeness (QED) is 0.305. The Kier molecular flexibility index (Phi) is 8.43. The second-order valence-electron chi connectivity index (χ2n) is 7.43. The first-order chi connectivity index (χ1) is 12.2. The lowest BCUT2D eigenvalue weighted by atomic mass is 10.1. The van der Waals surface area contributed by atoms with Crippen LogP contribution in [0.15, 0.2) is 4.99 Å². The first kappa shape index (κ1) is 21.2. The summed E-state index contributed by atoms with van der Waals surface area (Å²) in [6.45, 7) is 4.44. The second kappa shape index (κ2) is 10.3. The lowest BCUT2D eigenvalue weighted by Gasteiger charge is -2.21. The highest BCUT2D eigenvalue weighted by Gasteiger charge is 2.32. The molecule has 3 aliphatic rings. The van der Waals surface area contributed by atoms with Crippen molar-refractivity contribution in [3.05, 3.63) is 0 Å². The fourth-order valence-electron chi connectivity index (χ4n) is 3.67. The maximum Gasteiger partial charge on any atom is 0.242 e. The fraction of sp³-hybridized carbons (Fsp3) is 0.833. The van der Waals surface area contributed by atoms with Crippen molar-refractivity contribution in [3.63, 3.8) is 0 Å². The molecule has 0 aromatic rings. The zero-order chi connectivity index (χ0) is 17.6. The summed E-state index contributed by atoms with van der Waals surface area (Å²) in [6.07, 6.45) is 7.57. The average molecular weight is 477 g/mol. The van der Waals surface area contributed by atoms with Crippen molar-refractivity contribution in [2.45, 2.75) is 64.0 Å². The Bertz CT molecular complexity index is 518. The summed E-state index contributed by atoms with van der Waals surface area (Å²) >= 11 is 0. The fourth-order valence-corrected chi connectivity index (χ4v) is 3.67. The van der Waals surface area contributed by atoms with Gasteiger partial charge in [-0.05, 0) is 39.0 Å². The van der Waals surface area contributed by atoms with E-state index in [1.54, 1.807) is 0 Å². The minimum absolute atomic E-state index is 0. The molecule has 3 N–H and O–H groups in total. The minimum Gasteiger partial charge on any atom is -0.357 e. The zero-order valence-corrected chi connectivity index (χ0v) is 18.0. The van der Waals surface area contributed by atoms with Crippen LogP contribution < -0.4 is 16.0 Å². The van der Waals surface area contributed by atoms with Crippen molar-refractivity contribution < 1.29 is 9.59 Å².